The van der Waals surface area contributed by atoms with E-state index in [9.17, 15) is 0 Å². The van der Waals surface area contributed by atoms with Gasteiger partial charge in [-0.15, -0.1) is 0 Å². The van der Waals surface area contributed by atoms with E-state index in [0.29, 0.717) is 24.1 Å². The van der Waals surface area contributed by atoms with Crippen LogP contribution in [0, 0.1) is 0 Å². The average molecular weight is 387 g/mol. The molecule has 0 N–H and O–H groups in total. The molecular formula is C20H19ClN2O2S. The molecular weight excluding hydrogens is 368 g/mol. The number of halogens is 1. The predicted octanol–water partition coefficient (Wildman–Crippen LogP) is 5.20. The maximum atomic E-state index is 6.25. The third-order valence-electron chi connectivity index (χ3n) is 4.13. The highest BCUT2D eigenvalue weighted by Crippen LogP contribution is 2.48. The van der Waals surface area contributed by atoms with Gasteiger partial charge in [0.2, 0.25) is 5.89 Å². The molecule has 2 aromatic carbocycles. The molecule has 6 heteroatoms. The summed E-state index contributed by atoms with van der Waals surface area (Å²) in [6.07, 6.45) is 0. The van der Waals surface area contributed by atoms with Gasteiger partial charge < -0.3 is 14.1 Å². The predicted molar refractivity (Wildman–Crippen MR) is 105 cm³/mol. The van der Waals surface area contributed by atoms with E-state index in [4.69, 9.17) is 25.7 Å². The Bertz CT molecular complexity index is 939. The summed E-state index contributed by atoms with van der Waals surface area (Å²) in [6, 6.07) is 14.1. The second-order valence-electron chi connectivity index (χ2n) is 6.38. The first kappa shape index (κ1) is 17.6. The third-order valence-corrected chi connectivity index (χ3v) is 5.52. The number of benzene rings is 2. The minimum atomic E-state index is 0.353. The van der Waals surface area contributed by atoms with Gasteiger partial charge in [-0.25, -0.2) is 4.98 Å². The summed E-state index contributed by atoms with van der Waals surface area (Å²) in [7, 11) is 4.04. The molecule has 0 bridgehead atoms. The summed E-state index contributed by atoms with van der Waals surface area (Å²) >= 11 is 7.95. The molecule has 0 atom stereocenters. The van der Waals surface area contributed by atoms with Crippen LogP contribution in [0.4, 0.5) is 0 Å². The summed E-state index contributed by atoms with van der Waals surface area (Å²) in [5.41, 5.74) is 2.89. The normalized spacial score (nSPS) is 12.5. The molecule has 1 aliphatic heterocycles. The molecule has 4 nitrogen and oxygen atoms in total. The van der Waals surface area contributed by atoms with Crippen molar-refractivity contribution in [2.45, 2.75) is 16.4 Å². The molecule has 0 saturated heterocycles. The fourth-order valence-corrected chi connectivity index (χ4v) is 4.06. The Balaban J connectivity index is 1.73. The van der Waals surface area contributed by atoms with Crippen molar-refractivity contribution in [1.82, 2.24) is 9.88 Å². The maximum Gasteiger partial charge on any atom is 0.221 e. The molecule has 134 valence electrons. The highest BCUT2D eigenvalue weighted by atomic mass is 35.5. The van der Waals surface area contributed by atoms with Crippen molar-refractivity contribution in [1.29, 1.82) is 0 Å². The largest absolute Gasteiger partial charge is 0.437 e. The first-order valence-electron chi connectivity index (χ1n) is 8.41. The first-order valence-corrected chi connectivity index (χ1v) is 9.60. The third kappa shape index (κ3) is 3.53. The number of oxazole rings is 1. The van der Waals surface area contributed by atoms with E-state index in [1.165, 1.54) is 0 Å². The minimum absolute atomic E-state index is 0.353. The van der Waals surface area contributed by atoms with Gasteiger partial charge in [0.25, 0.3) is 0 Å². The van der Waals surface area contributed by atoms with E-state index in [2.05, 4.69) is 17.0 Å². The van der Waals surface area contributed by atoms with Crippen LogP contribution in [-0.4, -0.2) is 37.1 Å². The number of hydrogen-bond acceptors (Lipinski definition) is 5. The lowest BCUT2D eigenvalue weighted by Gasteiger charge is -2.08. The molecule has 0 spiro atoms. The van der Waals surface area contributed by atoms with Gasteiger partial charge in [-0.3, -0.25) is 0 Å². The van der Waals surface area contributed by atoms with Gasteiger partial charge in [0.1, 0.15) is 12.3 Å². The van der Waals surface area contributed by atoms with Crippen molar-refractivity contribution in [3.63, 3.8) is 0 Å². The number of hydrogen-bond donors (Lipinski definition) is 0. The summed E-state index contributed by atoms with van der Waals surface area (Å²) < 4.78 is 11.8. The van der Waals surface area contributed by atoms with E-state index in [1.807, 2.05) is 44.4 Å². The zero-order valence-electron chi connectivity index (χ0n) is 14.7. The monoisotopic (exact) mass is 386 g/mol. The number of likely N-dealkylation sites (N-methyl/N-ethyl adjacent to an activating group) is 1. The zero-order valence-corrected chi connectivity index (χ0v) is 16.2. The smallest absolute Gasteiger partial charge is 0.221 e. The van der Waals surface area contributed by atoms with E-state index in [-0.39, 0.29) is 0 Å². The second kappa shape index (κ2) is 7.45. The Morgan fingerprint density at radius 2 is 1.92 bits per heavy atom. The Morgan fingerprint density at radius 3 is 2.77 bits per heavy atom. The molecule has 0 aliphatic carbocycles. The molecule has 0 amide bonds. The van der Waals surface area contributed by atoms with Crippen molar-refractivity contribution in [2.75, 3.05) is 27.2 Å². The lowest BCUT2D eigenvalue weighted by molar-refractivity contribution is 0.0899. The minimum Gasteiger partial charge on any atom is -0.437 e. The van der Waals surface area contributed by atoms with E-state index in [0.717, 1.165) is 38.9 Å². The summed E-state index contributed by atoms with van der Waals surface area (Å²) in [5.74, 6) is 1.34. The number of rotatable bonds is 5. The highest BCUT2D eigenvalue weighted by Gasteiger charge is 2.25. The molecule has 1 aromatic heterocycles. The number of nitrogens with zero attached hydrogens (tertiary/aromatic N) is 2. The van der Waals surface area contributed by atoms with Crippen LogP contribution in [0.1, 0.15) is 5.89 Å². The van der Waals surface area contributed by atoms with Gasteiger partial charge in [-0.2, -0.15) is 0 Å². The van der Waals surface area contributed by atoms with Crippen LogP contribution >= 0.6 is 23.4 Å². The quantitative estimate of drug-likeness (QED) is 0.440. The molecule has 0 radical (unpaired) electrons. The van der Waals surface area contributed by atoms with Crippen LogP contribution in [0.2, 0.25) is 5.02 Å². The summed E-state index contributed by atoms with van der Waals surface area (Å²) in [6.45, 7) is 1.85. The van der Waals surface area contributed by atoms with Crippen LogP contribution < -0.4 is 0 Å². The van der Waals surface area contributed by atoms with Crippen molar-refractivity contribution in [3.8, 4) is 22.6 Å². The van der Waals surface area contributed by atoms with Crippen molar-refractivity contribution < 1.29 is 9.15 Å². The average Bonchev–Trinajstić information content (AvgIpc) is 2.99. The molecule has 26 heavy (non-hydrogen) atoms. The first-order chi connectivity index (χ1) is 12.6. The van der Waals surface area contributed by atoms with Gasteiger partial charge in [0.15, 0.2) is 5.76 Å². The Hall–Kier alpha value is -1.79. The summed E-state index contributed by atoms with van der Waals surface area (Å²) in [4.78, 5) is 9.08. The molecule has 1 aliphatic rings. The Morgan fingerprint density at radius 1 is 1.12 bits per heavy atom. The lowest BCUT2D eigenvalue weighted by Crippen LogP contribution is -2.17. The summed E-state index contributed by atoms with van der Waals surface area (Å²) in [5, 5.41) is 0.682. The molecule has 0 saturated carbocycles. The van der Waals surface area contributed by atoms with Gasteiger partial charge >= 0.3 is 0 Å². The fourth-order valence-electron chi connectivity index (χ4n) is 2.84. The Labute approximate surface area is 162 Å². The van der Waals surface area contributed by atoms with Crippen LogP contribution in [0.25, 0.3) is 22.6 Å². The number of ether oxygens (including phenoxy) is 1. The van der Waals surface area contributed by atoms with E-state index < -0.39 is 0 Å². The molecule has 2 heterocycles. The van der Waals surface area contributed by atoms with E-state index in [1.54, 1.807) is 11.8 Å². The molecule has 0 fully saturated rings. The van der Waals surface area contributed by atoms with Gasteiger partial charge in [-0.1, -0.05) is 41.6 Å². The highest BCUT2D eigenvalue weighted by molar-refractivity contribution is 7.99. The molecule has 4 rings (SSSR count). The maximum absolute atomic E-state index is 6.25. The van der Waals surface area contributed by atoms with E-state index >= 15 is 0 Å². The molecule has 0 unspecified atom stereocenters. The van der Waals surface area contributed by atoms with Crippen LogP contribution in [0.3, 0.4) is 0 Å². The second-order valence-corrected chi connectivity index (χ2v) is 7.90. The van der Waals surface area contributed by atoms with Gasteiger partial charge in [0, 0.05) is 32.5 Å². The van der Waals surface area contributed by atoms with Crippen LogP contribution in [0.15, 0.2) is 56.7 Å². The number of fused-ring (bicyclic) bond motifs is 5. The van der Waals surface area contributed by atoms with Crippen molar-refractivity contribution in [3.05, 3.63) is 53.4 Å². The standard InChI is InChI=1S/C20H19ClN2O2S/c1-23(2)9-10-24-12-18-22-19-14-5-3-4-6-16(14)26-17-8-7-13(21)11-15(17)20(19)25-18/h3-8,11H,9-10,12H2,1-2H3. The van der Waals surface area contributed by atoms with Gasteiger partial charge in [0.05, 0.1) is 6.61 Å². The molecule has 3 aromatic rings. The lowest BCUT2D eigenvalue weighted by atomic mass is 10.1. The van der Waals surface area contributed by atoms with Gasteiger partial charge in [-0.05, 0) is 38.4 Å². The SMILES string of the molecule is CN(C)CCOCc1nc2c(o1)-c1cc(Cl)ccc1Sc1ccccc1-2. The van der Waals surface area contributed by atoms with Crippen LogP contribution in [0.5, 0.6) is 0 Å². The topological polar surface area (TPSA) is 38.5 Å². The van der Waals surface area contributed by atoms with Crippen molar-refractivity contribution in [2.24, 2.45) is 0 Å². The Kier molecular flexibility index (Phi) is 5.05. The number of aromatic nitrogens is 1. The zero-order chi connectivity index (χ0) is 18.1. The fraction of sp³-hybridized carbons (Fsp3) is 0.250. The van der Waals surface area contributed by atoms with Crippen molar-refractivity contribution >= 4 is 23.4 Å². The van der Waals surface area contributed by atoms with Crippen LogP contribution in [-0.2, 0) is 11.3 Å².